The molecule has 1 aromatic carbocycles. The van der Waals surface area contributed by atoms with Gasteiger partial charge in [-0.3, -0.25) is 4.90 Å². The van der Waals surface area contributed by atoms with Crippen LogP contribution in [-0.2, 0) is 13.0 Å². The summed E-state index contributed by atoms with van der Waals surface area (Å²) in [5, 5.41) is 13.5. The molecule has 1 aliphatic rings. The standard InChI is InChI=1S/C16H21N3O2/c20-12-14-8-4-5-9-19(14)11-15-17-16(21-18-15)10-13-6-2-1-3-7-13/h1-3,6-7,14,20H,4-5,8-12H2. The van der Waals surface area contributed by atoms with Gasteiger partial charge >= 0.3 is 0 Å². The Morgan fingerprint density at radius 1 is 1.24 bits per heavy atom. The number of benzene rings is 1. The molecule has 5 heteroatoms. The van der Waals surface area contributed by atoms with Gasteiger partial charge in [-0.1, -0.05) is 41.9 Å². The topological polar surface area (TPSA) is 62.4 Å². The summed E-state index contributed by atoms with van der Waals surface area (Å²) in [5.74, 6) is 1.36. The predicted octanol–water partition coefficient (Wildman–Crippen LogP) is 2.01. The number of hydrogen-bond acceptors (Lipinski definition) is 5. The molecule has 3 rings (SSSR count). The van der Waals surface area contributed by atoms with Crippen LogP contribution in [-0.4, -0.2) is 39.3 Å². The van der Waals surface area contributed by atoms with Gasteiger partial charge in [0.2, 0.25) is 5.89 Å². The number of hydrogen-bond donors (Lipinski definition) is 1. The highest BCUT2D eigenvalue weighted by molar-refractivity contribution is 5.17. The average molecular weight is 287 g/mol. The van der Waals surface area contributed by atoms with Gasteiger partial charge in [-0.25, -0.2) is 0 Å². The highest BCUT2D eigenvalue weighted by Crippen LogP contribution is 2.18. The molecule has 2 aromatic rings. The molecule has 0 radical (unpaired) electrons. The Morgan fingerprint density at radius 3 is 2.90 bits per heavy atom. The number of nitrogens with zero attached hydrogens (tertiary/aromatic N) is 3. The molecule has 0 saturated carbocycles. The largest absolute Gasteiger partial charge is 0.395 e. The van der Waals surface area contributed by atoms with Crippen molar-refractivity contribution in [1.29, 1.82) is 0 Å². The van der Waals surface area contributed by atoms with Crippen molar-refractivity contribution in [3.05, 3.63) is 47.6 Å². The van der Waals surface area contributed by atoms with Crippen LogP contribution in [0.1, 0.15) is 36.5 Å². The molecule has 0 bridgehead atoms. The van der Waals surface area contributed by atoms with Gasteiger partial charge in [0.25, 0.3) is 0 Å². The Balaban J connectivity index is 1.62. The van der Waals surface area contributed by atoms with Gasteiger partial charge in [0.15, 0.2) is 5.82 Å². The first-order chi connectivity index (χ1) is 10.3. The quantitative estimate of drug-likeness (QED) is 0.911. The van der Waals surface area contributed by atoms with Crippen molar-refractivity contribution in [2.75, 3.05) is 13.2 Å². The van der Waals surface area contributed by atoms with Crippen LogP contribution in [0.4, 0.5) is 0 Å². The van der Waals surface area contributed by atoms with E-state index in [0.717, 1.165) is 13.0 Å². The minimum absolute atomic E-state index is 0.203. The molecule has 112 valence electrons. The van der Waals surface area contributed by atoms with Gasteiger partial charge in [0.1, 0.15) is 0 Å². The summed E-state index contributed by atoms with van der Waals surface area (Å²) in [5.41, 5.74) is 1.17. The van der Waals surface area contributed by atoms with E-state index in [-0.39, 0.29) is 12.6 Å². The molecular formula is C16H21N3O2. The van der Waals surface area contributed by atoms with Crippen LogP contribution in [0.25, 0.3) is 0 Å². The molecule has 0 amide bonds. The molecule has 1 aliphatic heterocycles. The third kappa shape index (κ3) is 3.68. The second kappa shape index (κ2) is 6.83. The number of aliphatic hydroxyl groups is 1. The zero-order chi connectivity index (χ0) is 14.5. The summed E-state index contributed by atoms with van der Waals surface area (Å²) < 4.78 is 5.33. The summed E-state index contributed by atoms with van der Waals surface area (Å²) in [6.45, 7) is 1.85. The van der Waals surface area contributed by atoms with Crippen molar-refractivity contribution in [3.8, 4) is 0 Å². The molecule has 1 N–H and O–H groups in total. The van der Waals surface area contributed by atoms with Crippen LogP contribution in [0.3, 0.4) is 0 Å². The first-order valence-corrected chi connectivity index (χ1v) is 7.55. The molecule has 0 aliphatic carbocycles. The lowest BCUT2D eigenvalue weighted by Gasteiger charge is -2.33. The van der Waals surface area contributed by atoms with Gasteiger partial charge in [-0.05, 0) is 24.9 Å². The SMILES string of the molecule is OCC1CCCCN1Cc1noc(Cc2ccccc2)n1. The van der Waals surface area contributed by atoms with Crippen molar-refractivity contribution in [3.63, 3.8) is 0 Å². The van der Waals surface area contributed by atoms with E-state index in [9.17, 15) is 5.11 Å². The molecule has 1 saturated heterocycles. The molecule has 1 fully saturated rings. The van der Waals surface area contributed by atoms with Gasteiger partial charge < -0.3 is 9.63 Å². The predicted molar refractivity (Wildman–Crippen MR) is 78.7 cm³/mol. The number of aliphatic hydroxyl groups excluding tert-OH is 1. The molecule has 0 spiro atoms. The van der Waals surface area contributed by atoms with Gasteiger partial charge in [0.05, 0.1) is 19.6 Å². The summed E-state index contributed by atoms with van der Waals surface area (Å²) in [6.07, 6.45) is 4.07. The van der Waals surface area contributed by atoms with E-state index in [2.05, 4.69) is 27.2 Å². The maximum absolute atomic E-state index is 9.43. The van der Waals surface area contributed by atoms with Crippen LogP contribution in [0.2, 0.25) is 0 Å². The molecule has 5 nitrogen and oxygen atoms in total. The molecule has 2 heterocycles. The fourth-order valence-electron chi connectivity index (χ4n) is 2.85. The Morgan fingerprint density at radius 2 is 2.10 bits per heavy atom. The maximum atomic E-state index is 9.43. The van der Waals surface area contributed by atoms with Crippen LogP contribution in [0, 0.1) is 0 Å². The van der Waals surface area contributed by atoms with Gasteiger partial charge in [-0.15, -0.1) is 0 Å². The van der Waals surface area contributed by atoms with E-state index >= 15 is 0 Å². The lowest BCUT2D eigenvalue weighted by molar-refractivity contribution is 0.0812. The van der Waals surface area contributed by atoms with Gasteiger partial charge in [-0.2, -0.15) is 4.98 Å². The lowest BCUT2D eigenvalue weighted by Crippen LogP contribution is -2.41. The van der Waals surface area contributed by atoms with Crippen LogP contribution >= 0.6 is 0 Å². The molecule has 1 aromatic heterocycles. The zero-order valence-corrected chi connectivity index (χ0v) is 12.1. The molecular weight excluding hydrogens is 266 g/mol. The highest BCUT2D eigenvalue weighted by Gasteiger charge is 2.23. The highest BCUT2D eigenvalue weighted by atomic mass is 16.5. The van der Waals surface area contributed by atoms with E-state index in [0.29, 0.717) is 24.7 Å². The zero-order valence-electron chi connectivity index (χ0n) is 12.1. The number of rotatable bonds is 5. The summed E-state index contributed by atoms with van der Waals surface area (Å²) in [4.78, 5) is 6.72. The monoisotopic (exact) mass is 287 g/mol. The third-order valence-electron chi connectivity index (χ3n) is 4.01. The average Bonchev–Trinajstić information content (AvgIpc) is 2.96. The maximum Gasteiger partial charge on any atom is 0.231 e. The third-order valence-corrected chi connectivity index (χ3v) is 4.01. The Hall–Kier alpha value is -1.72. The first-order valence-electron chi connectivity index (χ1n) is 7.55. The van der Waals surface area contributed by atoms with Crippen LogP contribution in [0.15, 0.2) is 34.9 Å². The molecule has 1 unspecified atom stereocenters. The smallest absolute Gasteiger partial charge is 0.231 e. The van der Waals surface area contributed by atoms with E-state index in [4.69, 9.17) is 4.52 Å². The molecule has 1 atom stereocenters. The van der Waals surface area contributed by atoms with E-state index in [1.165, 1.54) is 18.4 Å². The van der Waals surface area contributed by atoms with Crippen LogP contribution in [0.5, 0.6) is 0 Å². The van der Waals surface area contributed by atoms with E-state index in [1.807, 2.05) is 18.2 Å². The summed E-state index contributed by atoms with van der Waals surface area (Å²) >= 11 is 0. The number of likely N-dealkylation sites (tertiary alicyclic amines) is 1. The normalized spacial score (nSPS) is 19.8. The van der Waals surface area contributed by atoms with Crippen molar-refractivity contribution in [2.45, 2.75) is 38.3 Å². The van der Waals surface area contributed by atoms with E-state index < -0.39 is 0 Å². The van der Waals surface area contributed by atoms with Crippen molar-refractivity contribution in [2.24, 2.45) is 0 Å². The minimum Gasteiger partial charge on any atom is -0.395 e. The Kier molecular flexibility index (Phi) is 4.62. The van der Waals surface area contributed by atoms with Crippen molar-refractivity contribution < 1.29 is 9.63 Å². The summed E-state index contributed by atoms with van der Waals surface area (Å²) in [7, 11) is 0. The lowest BCUT2D eigenvalue weighted by atomic mass is 10.0. The second-order valence-corrected chi connectivity index (χ2v) is 5.57. The Labute approximate surface area is 124 Å². The van der Waals surface area contributed by atoms with E-state index in [1.54, 1.807) is 0 Å². The van der Waals surface area contributed by atoms with Crippen molar-refractivity contribution in [1.82, 2.24) is 15.0 Å². The second-order valence-electron chi connectivity index (χ2n) is 5.57. The Bertz CT molecular complexity index is 556. The minimum atomic E-state index is 0.203. The number of piperidine rings is 1. The number of aromatic nitrogens is 2. The van der Waals surface area contributed by atoms with Crippen molar-refractivity contribution >= 4 is 0 Å². The van der Waals surface area contributed by atoms with Crippen LogP contribution < -0.4 is 0 Å². The van der Waals surface area contributed by atoms with Gasteiger partial charge in [0, 0.05) is 6.04 Å². The molecule has 21 heavy (non-hydrogen) atoms. The summed E-state index contributed by atoms with van der Waals surface area (Å²) in [6, 6.07) is 10.3. The fourth-order valence-corrected chi connectivity index (χ4v) is 2.85. The fraction of sp³-hybridized carbons (Fsp3) is 0.500. The first kappa shape index (κ1) is 14.2.